The molecule has 0 spiro atoms. The summed E-state index contributed by atoms with van der Waals surface area (Å²) in [6, 6.07) is 43.0. The van der Waals surface area contributed by atoms with Gasteiger partial charge in [0.1, 0.15) is 0 Å². The van der Waals surface area contributed by atoms with Gasteiger partial charge in [0.25, 0.3) is 0 Å². The summed E-state index contributed by atoms with van der Waals surface area (Å²) in [5.41, 5.74) is 9.37. The monoisotopic (exact) mass is 531 g/mol. The van der Waals surface area contributed by atoms with Gasteiger partial charge in [0, 0.05) is 43.4 Å². The summed E-state index contributed by atoms with van der Waals surface area (Å²) in [4.78, 5) is 15.7. The molecule has 192 valence electrons. The van der Waals surface area contributed by atoms with Gasteiger partial charge in [-0.25, -0.2) is 9.97 Å². The van der Waals surface area contributed by atoms with Crippen molar-refractivity contribution in [1.29, 1.82) is 0 Å². The van der Waals surface area contributed by atoms with Crippen LogP contribution in [0, 0.1) is 0 Å². The van der Waals surface area contributed by atoms with Gasteiger partial charge >= 0.3 is 0 Å². The summed E-state index contributed by atoms with van der Waals surface area (Å²) in [7, 11) is 0. The van der Waals surface area contributed by atoms with E-state index in [9.17, 15) is 0 Å². The first kappa shape index (κ1) is 22.1. The Balaban J connectivity index is 1.51. The van der Waals surface area contributed by atoms with E-state index in [1.54, 1.807) is 0 Å². The van der Waals surface area contributed by atoms with Gasteiger partial charge in [-0.05, 0) is 39.4 Å². The van der Waals surface area contributed by atoms with Gasteiger partial charge in [-0.1, -0.05) is 109 Å². The molecule has 0 fully saturated rings. The van der Waals surface area contributed by atoms with E-state index < -0.39 is 0 Å². The third-order valence-electron chi connectivity index (χ3n) is 8.94. The van der Waals surface area contributed by atoms with Crippen molar-refractivity contribution in [3.8, 4) is 33.6 Å². The van der Waals surface area contributed by atoms with Crippen LogP contribution in [-0.2, 0) is 0 Å². The summed E-state index contributed by atoms with van der Waals surface area (Å²) >= 11 is 0. The molecule has 0 unspecified atom stereocenters. The highest BCUT2D eigenvalue weighted by molar-refractivity contribution is 6.45. The van der Waals surface area contributed by atoms with E-state index in [1.807, 2.05) is 12.3 Å². The maximum atomic E-state index is 5.29. The summed E-state index contributed by atoms with van der Waals surface area (Å²) < 4.78 is 0. The van der Waals surface area contributed by atoms with Crippen molar-refractivity contribution in [3.05, 3.63) is 128 Å². The van der Waals surface area contributed by atoms with Crippen molar-refractivity contribution in [2.75, 3.05) is 0 Å². The number of pyridine rings is 3. The Bertz CT molecular complexity index is 2270. The first-order chi connectivity index (χ1) is 20.8. The van der Waals surface area contributed by atoms with E-state index in [0.717, 1.165) is 44.5 Å². The number of aromatic nitrogens is 3. The first-order valence-electron chi connectivity index (χ1n) is 14.3. The molecule has 0 atom stereocenters. The Hall–Kier alpha value is -5.67. The molecule has 3 nitrogen and oxygen atoms in total. The molecule has 3 heteroatoms. The third kappa shape index (κ3) is 2.77. The van der Waals surface area contributed by atoms with Gasteiger partial charge in [0.05, 0.1) is 34.1 Å². The lowest BCUT2D eigenvalue weighted by molar-refractivity contribution is 1.34. The predicted octanol–water partition coefficient (Wildman–Crippen LogP) is 10.1. The van der Waals surface area contributed by atoms with Crippen molar-refractivity contribution in [1.82, 2.24) is 15.0 Å². The predicted molar refractivity (Wildman–Crippen MR) is 175 cm³/mol. The zero-order valence-electron chi connectivity index (χ0n) is 22.5. The zero-order valence-corrected chi connectivity index (χ0v) is 22.5. The molecule has 0 aliphatic rings. The average molecular weight is 532 g/mol. The fraction of sp³-hybridized carbons (Fsp3) is 0. The van der Waals surface area contributed by atoms with Gasteiger partial charge in [-0.3, -0.25) is 4.98 Å². The second-order valence-electron chi connectivity index (χ2n) is 11.2. The average Bonchev–Trinajstić information content (AvgIpc) is 3.07. The van der Waals surface area contributed by atoms with Crippen molar-refractivity contribution in [3.63, 3.8) is 0 Å². The highest BCUT2D eigenvalue weighted by Crippen LogP contribution is 2.51. The molecule has 42 heavy (non-hydrogen) atoms. The van der Waals surface area contributed by atoms with Crippen LogP contribution in [0.25, 0.3) is 98.7 Å². The lowest BCUT2D eigenvalue weighted by Crippen LogP contribution is -2.00. The number of benzene rings is 7. The molecule has 0 aliphatic carbocycles. The minimum absolute atomic E-state index is 0.912. The Kier molecular flexibility index (Phi) is 4.18. The van der Waals surface area contributed by atoms with Crippen molar-refractivity contribution in [2.24, 2.45) is 0 Å². The molecule has 0 N–H and O–H groups in total. The molecule has 0 bridgehead atoms. The molecule has 0 radical (unpaired) electrons. The van der Waals surface area contributed by atoms with Crippen LogP contribution in [0.2, 0.25) is 0 Å². The molecule has 10 rings (SSSR count). The lowest BCUT2D eigenvalue weighted by atomic mass is 9.82. The molecule has 0 amide bonds. The standard InChI is InChI=1S/C39H21N3/c1-4-10-22(11-5-1)28-20-25-16-17-27-33-31(25)32-26(28)18-19-29-34(32)36-35(33)30(42-37(27)23-12-6-2-7-13-23)21-40-39(36)38(41-29)24-14-8-3-9-15-24/h1-21H. The topological polar surface area (TPSA) is 38.7 Å². The number of hydrogen-bond donors (Lipinski definition) is 0. The minimum Gasteiger partial charge on any atom is -0.252 e. The highest BCUT2D eigenvalue weighted by Gasteiger charge is 2.26. The molecule has 3 heterocycles. The quantitative estimate of drug-likeness (QED) is 0.168. The van der Waals surface area contributed by atoms with Crippen LogP contribution < -0.4 is 0 Å². The number of hydrogen-bond acceptors (Lipinski definition) is 3. The van der Waals surface area contributed by atoms with Crippen LogP contribution in [-0.4, -0.2) is 15.0 Å². The van der Waals surface area contributed by atoms with Gasteiger partial charge in [0.15, 0.2) is 0 Å². The molecule has 3 aromatic heterocycles. The molecule has 10 aromatic rings. The second kappa shape index (κ2) is 7.96. The Labute approximate surface area is 240 Å². The molecular weight excluding hydrogens is 510 g/mol. The second-order valence-corrected chi connectivity index (χ2v) is 11.2. The Morgan fingerprint density at radius 2 is 1.00 bits per heavy atom. The Morgan fingerprint density at radius 1 is 0.405 bits per heavy atom. The number of rotatable bonds is 3. The fourth-order valence-electron chi connectivity index (χ4n) is 7.21. The van der Waals surface area contributed by atoms with Gasteiger partial charge in [-0.2, -0.15) is 0 Å². The van der Waals surface area contributed by atoms with Crippen LogP contribution in [0.4, 0.5) is 0 Å². The van der Waals surface area contributed by atoms with E-state index in [1.165, 1.54) is 54.2 Å². The molecule has 7 aromatic carbocycles. The smallest absolute Gasteiger partial charge is 0.0979 e. The maximum Gasteiger partial charge on any atom is 0.0979 e. The third-order valence-corrected chi connectivity index (χ3v) is 8.94. The highest BCUT2D eigenvalue weighted by atomic mass is 14.8. The van der Waals surface area contributed by atoms with E-state index in [4.69, 9.17) is 15.0 Å². The van der Waals surface area contributed by atoms with Gasteiger partial charge in [-0.15, -0.1) is 0 Å². The first-order valence-corrected chi connectivity index (χ1v) is 14.3. The molecule has 0 aliphatic heterocycles. The number of nitrogens with zero attached hydrogens (tertiary/aromatic N) is 3. The normalized spacial score (nSPS) is 12.3. The van der Waals surface area contributed by atoms with E-state index in [0.29, 0.717) is 0 Å². The zero-order chi connectivity index (χ0) is 27.4. The van der Waals surface area contributed by atoms with Crippen LogP contribution in [0.5, 0.6) is 0 Å². The SMILES string of the molecule is c1ccc(-c2cc3ccc4c(-c5ccccc5)nc5cnc6c(-c7ccccc7)nc7ccc2c2c3c4c5c6c72)cc1. The molecular formula is C39H21N3. The summed E-state index contributed by atoms with van der Waals surface area (Å²) in [6.45, 7) is 0. The summed E-state index contributed by atoms with van der Waals surface area (Å²) in [5, 5.41) is 11.0. The largest absolute Gasteiger partial charge is 0.252 e. The van der Waals surface area contributed by atoms with Crippen LogP contribution >= 0.6 is 0 Å². The molecule has 0 saturated heterocycles. The van der Waals surface area contributed by atoms with Crippen LogP contribution in [0.3, 0.4) is 0 Å². The van der Waals surface area contributed by atoms with E-state index in [-0.39, 0.29) is 0 Å². The minimum atomic E-state index is 0.912. The van der Waals surface area contributed by atoms with Gasteiger partial charge < -0.3 is 0 Å². The van der Waals surface area contributed by atoms with Crippen molar-refractivity contribution >= 4 is 65.0 Å². The van der Waals surface area contributed by atoms with Crippen LogP contribution in [0.1, 0.15) is 0 Å². The molecule has 0 saturated carbocycles. The summed E-state index contributed by atoms with van der Waals surface area (Å²) in [5.74, 6) is 0. The fourth-order valence-corrected chi connectivity index (χ4v) is 7.21. The van der Waals surface area contributed by atoms with Crippen LogP contribution in [0.15, 0.2) is 128 Å². The Morgan fingerprint density at radius 3 is 1.74 bits per heavy atom. The van der Waals surface area contributed by atoms with Crippen molar-refractivity contribution in [2.45, 2.75) is 0 Å². The van der Waals surface area contributed by atoms with E-state index in [2.05, 4.69) is 115 Å². The lowest BCUT2D eigenvalue weighted by Gasteiger charge is -2.23. The maximum absolute atomic E-state index is 5.29. The summed E-state index contributed by atoms with van der Waals surface area (Å²) in [6.07, 6.45) is 1.95. The van der Waals surface area contributed by atoms with Crippen molar-refractivity contribution < 1.29 is 0 Å². The van der Waals surface area contributed by atoms with Gasteiger partial charge in [0.2, 0.25) is 0 Å². The van der Waals surface area contributed by atoms with E-state index >= 15 is 0 Å².